The van der Waals surface area contributed by atoms with E-state index in [4.69, 9.17) is 12.2 Å². The fourth-order valence-electron chi connectivity index (χ4n) is 1.03. The minimum atomic E-state index is 0.611. The van der Waals surface area contributed by atoms with Crippen LogP contribution in [0.15, 0.2) is 17.8 Å². The van der Waals surface area contributed by atoms with E-state index in [2.05, 4.69) is 15.0 Å². The number of nitrogens with one attached hydrogen (secondary N) is 1. The van der Waals surface area contributed by atoms with E-state index in [-0.39, 0.29) is 0 Å². The van der Waals surface area contributed by atoms with E-state index in [1.807, 2.05) is 13.0 Å². The van der Waals surface area contributed by atoms with Crippen LogP contribution in [0, 0.1) is 11.6 Å². The van der Waals surface area contributed by atoms with E-state index < -0.39 is 0 Å². The first kappa shape index (κ1) is 8.52. The number of rotatable bonds is 1. The number of aromatic nitrogens is 3. The van der Waals surface area contributed by atoms with Gasteiger partial charge in [-0.25, -0.2) is 4.98 Å². The van der Waals surface area contributed by atoms with Gasteiger partial charge in [0.1, 0.15) is 4.64 Å². The van der Waals surface area contributed by atoms with Crippen LogP contribution in [0.25, 0.3) is 10.7 Å². The van der Waals surface area contributed by atoms with E-state index >= 15 is 0 Å². The maximum absolute atomic E-state index is 5.01. The Balaban J connectivity index is 2.59. The van der Waals surface area contributed by atoms with Crippen molar-refractivity contribution in [2.45, 2.75) is 6.92 Å². The summed E-state index contributed by atoms with van der Waals surface area (Å²) in [5.74, 6) is 0.799. The number of nitrogens with zero attached hydrogens (tertiary/aromatic N) is 2. The predicted molar refractivity (Wildman–Crippen MR) is 55.3 cm³/mol. The van der Waals surface area contributed by atoms with Crippen LogP contribution in [-0.2, 0) is 0 Å². The SMILES string of the molecule is Cc1cc(=S)nc(-c2cncs2)[nH]1. The van der Waals surface area contributed by atoms with Crippen LogP contribution in [0.5, 0.6) is 0 Å². The average Bonchev–Trinajstić information content (AvgIpc) is 2.53. The van der Waals surface area contributed by atoms with Crippen LogP contribution in [0.2, 0.25) is 0 Å². The molecule has 2 aromatic rings. The maximum atomic E-state index is 5.01. The summed E-state index contributed by atoms with van der Waals surface area (Å²) in [5.41, 5.74) is 2.79. The Kier molecular flexibility index (Phi) is 2.20. The first-order valence-corrected chi connectivity index (χ1v) is 5.01. The summed E-state index contributed by atoms with van der Waals surface area (Å²) in [6, 6.07) is 1.83. The van der Waals surface area contributed by atoms with Gasteiger partial charge >= 0.3 is 0 Å². The summed E-state index contributed by atoms with van der Waals surface area (Å²) < 4.78 is 0.611. The van der Waals surface area contributed by atoms with Crippen molar-refractivity contribution >= 4 is 23.6 Å². The highest BCUT2D eigenvalue weighted by atomic mass is 32.1. The van der Waals surface area contributed by atoms with Gasteiger partial charge in [-0.3, -0.25) is 4.98 Å². The molecule has 3 nitrogen and oxygen atoms in total. The number of aryl methyl sites for hydroxylation is 1. The van der Waals surface area contributed by atoms with Gasteiger partial charge in [0.15, 0.2) is 5.82 Å². The highest BCUT2D eigenvalue weighted by Gasteiger charge is 2.01. The Hall–Kier alpha value is -1.07. The Bertz CT molecular complexity index is 458. The van der Waals surface area contributed by atoms with Crippen molar-refractivity contribution in [1.82, 2.24) is 15.0 Å². The van der Waals surface area contributed by atoms with Gasteiger partial charge in [-0.15, -0.1) is 11.3 Å². The molecule has 0 bridgehead atoms. The van der Waals surface area contributed by atoms with Crippen LogP contribution in [-0.4, -0.2) is 15.0 Å². The van der Waals surface area contributed by atoms with Crippen molar-refractivity contribution in [2.24, 2.45) is 0 Å². The van der Waals surface area contributed by atoms with Crippen molar-refractivity contribution < 1.29 is 0 Å². The summed E-state index contributed by atoms with van der Waals surface area (Å²) in [6.45, 7) is 1.96. The van der Waals surface area contributed by atoms with Gasteiger partial charge in [0.25, 0.3) is 0 Å². The standard InChI is InChI=1S/C8H7N3S2/c1-5-2-7(12)11-8(10-5)6-3-9-4-13-6/h2-4H,1H3,(H,10,11,12). The van der Waals surface area contributed by atoms with E-state index in [1.165, 1.54) is 0 Å². The molecule has 13 heavy (non-hydrogen) atoms. The molecular formula is C8H7N3S2. The molecule has 0 atom stereocenters. The van der Waals surface area contributed by atoms with E-state index in [0.717, 1.165) is 16.4 Å². The minimum absolute atomic E-state index is 0.611. The Morgan fingerprint density at radius 2 is 2.38 bits per heavy atom. The summed E-state index contributed by atoms with van der Waals surface area (Å²) in [6.07, 6.45) is 1.78. The quantitative estimate of drug-likeness (QED) is 0.734. The minimum Gasteiger partial charge on any atom is -0.343 e. The van der Waals surface area contributed by atoms with Crippen LogP contribution >= 0.6 is 23.6 Å². The van der Waals surface area contributed by atoms with Crippen LogP contribution in [0.4, 0.5) is 0 Å². The molecule has 0 saturated heterocycles. The third-order valence-corrected chi connectivity index (χ3v) is 2.53. The lowest BCUT2D eigenvalue weighted by molar-refractivity contribution is 1.10. The van der Waals surface area contributed by atoms with Gasteiger partial charge in [0.05, 0.1) is 10.4 Å². The third-order valence-electron chi connectivity index (χ3n) is 1.54. The van der Waals surface area contributed by atoms with Crippen molar-refractivity contribution in [2.75, 3.05) is 0 Å². The maximum Gasteiger partial charge on any atom is 0.150 e. The van der Waals surface area contributed by atoms with Crippen molar-refractivity contribution in [1.29, 1.82) is 0 Å². The predicted octanol–water partition coefficient (Wildman–Crippen LogP) is 2.57. The number of hydrogen-bond donors (Lipinski definition) is 1. The Labute approximate surface area is 84.5 Å². The zero-order chi connectivity index (χ0) is 9.26. The van der Waals surface area contributed by atoms with Crippen molar-refractivity contribution in [3.05, 3.63) is 28.1 Å². The molecule has 0 saturated carbocycles. The second kappa shape index (κ2) is 3.35. The number of hydrogen-bond acceptors (Lipinski definition) is 4. The molecule has 0 aromatic carbocycles. The number of H-pyrrole nitrogens is 1. The molecule has 2 aromatic heterocycles. The second-order valence-electron chi connectivity index (χ2n) is 2.62. The number of thiazole rings is 1. The van der Waals surface area contributed by atoms with Gasteiger partial charge < -0.3 is 4.98 Å². The molecule has 0 aliphatic carbocycles. The second-order valence-corrected chi connectivity index (χ2v) is 3.92. The molecule has 5 heteroatoms. The van der Waals surface area contributed by atoms with Gasteiger partial charge in [0.2, 0.25) is 0 Å². The largest absolute Gasteiger partial charge is 0.343 e. The molecule has 1 N–H and O–H groups in total. The molecule has 2 rings (SSSR count). The topological polar surface area (TPSA) is 41.6 Å². The molecule has 0 spiro atoms. The molecule has 2 heterocycles. The van der Waals surface area contributed by atoms with Crippen LogP contribution < -0.4 is 0 Å². The first-order chi connectivity index (χ1) is 6.25. The summed E-state index contributed by atoms with van der Waals surface area (Å²) >= 11 is 6.56. The average molecular weight is 209 g/mol. The summed E-state index contributed by atoms with van der Waals surface area (Å²) in [4.78, 5) is 12.3. The lowest BCUT2D eigenvalue weighted by Gasteiger charge is -1.98. The Morgan fingerprint density at radius 3 is 3.00 bits per heavy atom. The highest BCUT2D eigenvalue weighted by molar-refractivity contribution is 7.71. The molecule has 0 aliphatic heterocycles. The summed E-state index contributed by atoms with van der Waals surface area (Å²) in [7, 11) is 0. The monoisotopic (exact) mass is 209 g/mol. The third kappa shape index (κ3) is 1.81. The van der Waals surface area contributed by atoms with Gasteiger partial charge in [-0.05, 0) is 13.0 Å². The number of aromatic amines is 1. The summed E-state index contributed by atoms with van der Waals surface area (Å²) in [5, 5.41) is 0. The fraction of sp³-hybridized carbons (Fsp3) is 0.125. The zero-order valence-corrected chi connectivity index (χ0v) is 8.58. The van der Waals surface area contributed by atoms with E-state index in [1.54, 1.807) is 23.0 Å². The molecule has 0 amide bonds. The lowest BCUT2D eigenvalue weighted by atomic mass is 10.4. The van der Waals surface area contributed by atoms with E-state index in [9.17, 15) is 0 Å². The van der Waals surface area contributed by atoms with Crippen LogP contribution in [0.3, 0.4) is 0 Å². The molecule has 66 valence electrons. The Morgan fingerprint density at radius 1 is 1.54 bits per heavy atom. The first-order valence-electron chi connectivity index (χ1n) is 3.72. The van der Waals surface area contributed by atoms with Crippen molar-refractivity contribution in [3.8, 4) is 10.7 Å². The smallest absolute Gasteiger partial charge is 0.150 e. The normalized spacial score (nSPS) is 10.2. The fourth-order valence-corrected chi connectivity index (χ4v) is 1.86. The molecule has 0 radical (unpaired) electrons. The van der Waals surface area contributed by atoms with Gasteiger partial charge in [0, 0.05) is 11.9 Å². The molecular weight excluding hydrogens is 202 g/mol. The van der Waals surface area contributed by atoms with Gasteiger partial charge in [-0.2, -0.15) is 0 Å². The molecule has 0 unspecified atom stereocenters. The molecule has 0 fully saturated rings. The lowest BCUT2D eigenvalue weighted by Crippen LogP contribution is -1.89. The molecule has 0 aliphatic rings. The van der Waals surface area contributed by atoms with Crippen LogP contribution in [0.1, 0.15) is 5.69 Å². The van der Waals surface area contributed by atoms with Gasteiger partial charge in [-0.1, -0.05) is 12.2 Å². The van der Waals surface area contributed by atoms with E-state index in [0.29, 0.717) is 4.64 Å². The highest BCUT2D eigenvalue weighted by Crippen LogP contribution is 2.18. The zero-order valence-electron chi connectivity index (χ0n) is 6.94. The van der Waals surface area contributed by atoms with Crippen molar-refractivity contribution in [3.63, 3.8) is 0 Å².